The molecule has 0 aliphatic rings. The number of para-hydroxylation sites is 1. The average Bonchev–Trinajstić information content (AvgIpc) is 2.71. The number of aryl methyl sites for hydroxylation is 1. The summed E-state index contributed by atoms with van der Waals surface area (Å²) in [5.41, 5.74) is 5.05. The van der Waals surface area contributed by atoms with Crippen LogP contribution in [0.1, 0.15) is 43.0 Å². The summed E-state index contributed by atoms with van der Waals surface area (Å²) >= 11 is 0. The van der Waals surface area contributed by atoms with Gasteiger partial charge in [-0.25, -0.2) is 4.68 Å². The van der Waals surface area contributed by atoms with Crippen molar-refractivity contribution in [2.45, 2.75) is 40.0 Å². The third-order valence-electron chi connectivity index (χ3n) is 3.53. The fraction of sp³-hybridized carbons (Fsp3) is 0.400. The zero-order valence-electron chi connectivity index (χ0n) is 11.1. The maximum Gasteiger partial charge on any atom is 0.0677 e. The number of aromatic nitrogens is 2. The first-order valence-corrected chi connectivity index (χ1v) is 6.25. The Balaban J connectivity index is 2.48. The lowest BCUT2D eigenvalue weighted by Crippen LogP contribution is -2.02. The van der Waals surface area contributed by atoms with Gasteiger partial charge in [0.25, 0.3) is 0 Å². The minimum atomic E-state index is 0.577. The smallest absolute Gasteiger partial charge is 0.0677 e. The third-order valence-corrected chi connectivity index (χ3v) is 3.53. The first-order chi connectivity index (χ1) is 8.15. The molecule has 1 unspecified atom stereocenters. The summed E-state index contributed by atoms with van der Waals surface area (Å²) in [7, 11) is 0. The molecule has 0 fully saturated rings. The highest BCUT2D eigenvalue weighted by Gasteiger charge is 2.13. The second kappa shape index (κ2) is 4.74. The normalized spacial score (nSPS) is 12.7. The monoisotopic (exact) mass is 228 g/mol. The molecule has 2 heteroatoms. The van der Waals surface area contributed by atoms with E-state index >= 15 is 0 Å². The predicted octanol–water partition coefficient (Wildman–Crippen LogP) is 4.00. The zero-order valence-corrected chi connectivity index (χ0v) is 11.1. The maximum absolute atomic E-state index is 4.53. The highest BCUT2D eigenvalue weighted by Crippen LogP contribution is 2.24. The molecule has 90 valence electrons. The molecule has 0 amide bonds. The predicted molar refractivity (Wildman–Crippen MR) is 71.7 cm³/mol. The highest BCUT2D eigenvalue weighted by molar-refractivity contribution is 5.42. The van der Waals surface area contributed by atoms with Crippen LogP contribution < -0.4 is 0 Å². The topological polar surface area (TPSA) is 17.8 Å². The van der Waals surface area contributed by atoms with Crippen LogP contribution in [-0.4, -0.2) is 9.78 Å². The second-order valence-corrected chi connectivity index (χ2v) is 4.69. The molecular weight excluding hydrogens is 208 g/mol. The minimum Gasteiger partial charge on any atom is -0.238 e. The molecule has 1 aromatic heterocycles. The Morgan fingerprint density at radius 3 is 2.59 bits per heavy atom. The van der Waals surface area contributed by atoms with E-state index in [9.17, 15) is 0 Å². The van der Waals surface area contributed by atoms with Gasteiger partial charge in [-0.1, -0.05) is 32.0 Å². The van der Waals surface area contributed by atoms with E-state index < -0.39 is 0 Å². The van der Waals surface area contributed by atoms with Crippen LogP contribution in [0, 0.1) is 13.8 Å². The summed E-state index contributed by atoms with van der Waals surface area (Å²) in [6.45, 7) is 8.75. The molecule has 0 saturated heterocycles. The van der Waals surface area contributed by atoms with E-state index in [1.54, 1.807) is 0 Å². The van der Waals surface area contributed by atoms with Crippen LogP contribution in [0.3, 0.4) is 0 Å². The van der Waals surface area contributed by atoms with Crippen LogP contribution in [0.2, 0.25) is 0 Å². The van der Waals surface area contributed by atoms with Crippen molar-refractivity contribution in [2.24, 2.45) is 0 Å². The summed E-state index contributed by atoms with van der Waals surface area (Å²) in [4.78, 5) is 0. The molecule has 0 bridgehead atoms. The van der Waals surface area contributed by atoms with Gasteiger partial charge in [0.1, 0.15) is 0 Å². The van der Waals surface area contributed by atoms with Gasteiger partial charge in [0.2, 0.25) is 0 Å². The molecule has 1 heterocycles. The Hall–Kier alpha value is -1.57. The molecular formula is C15H20N2. The number of nitrogens with zero attached hydrogens (tertiary/aromatic N) is 2. The van der Waals surface area contributed by atoms with Gasteiger partial charge in [-0.2, -0.15) is 5.10 Å². The van der Waals surface area contributed by atoms with Gasteiger partial charge in [0, 0.05) is 5.69 Å². The second-order valence-electron chi connectivity index (χ2n) is 4.69. The molecule has 1 atom stereocenters. The molecule has 0 N–H and O–H groups in total. The van der Waals surface area contributed by atoms with Gasteiger partial charge < -0.3 is 0 Å². The molecule has 0 aliphatic carbocycles. The molecule has 1 aromatic carbocycles. The molecule has 0 aliphatic heterocycles. The van der Waals surface area contributed by atoms with Crippen LogP contribution >= 0.6 is 0 Å². The number of hydrogen-bond acceptors (Lipinski definition) is 1. The van der Waals surface area contributed by atoms with E-state index in [-0.39, 0.29) is 0 Å². The van der Waals surface area contributed by atoms with Gasteiger partial charge in [0.15, 0.2) is 0 Å². The first kappa shape index (κ1) is 11.9. The van der Waals surface area contributed by atoms with Crippen LogP contribution in [0.4, 0.5) is 0 Å². The van der Waals surface area contributed by atoms with Crippen LogP contribution in [0.5, 0.6) is 0 Å². The van der Waals surface area contributed by atoms with Crippen molar-refractivity contribution >= 4 is 0 Å². The molecule has 2 rings (SSSR count). The Bertz CT molecular complexity index is 511. The van der Waals surface area contributed by atoms with Crippen molar-refractivity contribution in [2.75, 3.05) is 0 Å². The Morgan fingerprint density at radius 1 is 1.24 bits per heavy atom. The van der Waals surface area contributed by atoms with E-state index in [0.29, 0.717) is 5.92 Å². The Labute approximate surface area is 103 Å². The third kappa shape index (κ3) is 2.12. The quantitative estimate of drug-likeness (QED) is 0.776. The van der Waals surface area contributed by atoms with Crippen molar-refractivity contribution in [3.63, 3.8) is 0 Å². The van der Waals surface area contributed by atoms with Crippen LogP contribution in [-0.2, 0) is 0 Å². The molecule has 2 nitrogen and oxygen atoms in total. The van der Waals surface area contributed by atoms with Gasteiger partial charge >= 0.3 is 0 Å². The standard InChI is InChI=1S/C15H20N2/c1-5-11(2)14-10-16-17(13(14)4)15-9-7-6-8-12(15)3/h6-11H,5H2,1-4H3. The Kier molecular flexibility index (Phi) is 3.32. The molecule has 2 aromatic rings. The lowest BCUT2D eigenvalue weighted by Gasteiger charge is -2.10. The van der Waals surface area contributed by atoms with Crippen molar-refractivity contribution in [1.82, 2.24) is 9.78 Å². The van der Waals surface area contributed by atoms with Gasteiger partial charge in [0.05, 0.1) is 11.9 Å². The number of benzene rings is 1. The molecule has 0 spiro atoms. The van der Waals surface area contributed by atoms with Crippen molar-refractivity contribution in [3.05, 3.63) is 47.3 Å². The van der Waals surface area contributed by atoms with E-state index in [0.717, 1.165) is 6.42 Å². The van der Waals surface area contributed by atoms with Crippen LogP contribution in [0.25, 0.3) is 5.69 Å². The SMILES string of the molecule is CCC(C)c1cnn(-c2ccccc2C)c1C. The number of rotatable bonds is 3. The van der Waals surface area contributed by atoms with Crippen molar-refractivity contribution < 1.29 is 0 Å². The molecule has 17 heavy (non-hydrogen) atoms. The van der Waals surface area contributed by atoms with E-state index in [4.69, 9.17) is 0 Å². The maximum atomic E-state index is 4.53. The molecule has 0 radical (unpaired) electrons. The summed E-state index contributed by atoms with van der Waals surface area (Å²) < 4.78 is 2.05. The van der Waals surface area contributed by atoms with Gasteiger partial charge in [-0.3, -0.25) is 0 Å². The number of hydrogen-bond donors (Lipinski definition) is 0. The lowest BCUT2D eigenvalue weighted by molar-refractivity contribution is 0.724. The highest BCUT2D eigenvalue weighted by atomic mass is 15.3. The Morgan fingerprint density at radius 2 is 1.94 bits per heavy atom. The van der Waals surface area contributed by atoms with Crippen molar-refractivity contribution in [1.29, 1.82) is 0 Å². The summed E-state index contributed by atoms with van der Waals surface area (Å²) in [6, 6.07) is 8.37. The largest absolute Gasteiger partial charge is 0.238 e. The fourth-order valence-corrected chi connectivity index (χ4v) is 2.17. The van der Waals surface area contributed by atoms with Crippen molar-refractivity contribution in [3.8, 4) is 5.69 Å². The van der Waals surface area contributed by atoms with E-state index in [1.807, 2.05) is 6.20 Å². The summed E-state index contributed by atoms with van der Waals surface area (Å²) in [5.74, 6) is 0.577. The fourth-order valence-electron chi connectivity index (χ4n) is 2.17. The minimum absolute atomic E-state index is 0.577. The first-order valence-electron chi connectivity index (χ1n) is 6.25. The van der Waals surface area contributed by atoms with Gasteiger partial charge in [-0.15, -0.1) is 0 Å². The van der Waals surface area contributed by atoms with Gasteiger partial charge in [-0.05, 0) is 43.4 Å². The molecule has 0 saturated carbocycles. The van der Waals surface area contributed by atoms with E-state index in [2.05, 4.69) is 61.7 Å². The lowest BCUT2D eigenvalue weighted by atomic mass is 10.00. The summed E-state index contributed by atoms with van der Waals surface area (Å²) in [5, 5.41) is 4.53. The summed E-state index contributed by atoms with van der Waals surface area (Å²) in [6.07, 6.45) is 3.16. The zero-order chi connectivity index (χ0) is 12.4. The average molecular weight is 228 g/mol. The van der Waals surface area contributed by atoms with Crippen LogP contribution in [0.15, 0.2) is 30.5 Å². The van der Waals surface area contributed by atoms with E-state index in [1.165, 1.54) is 22.5 Å².